The molecular formula is C16H27NS. The molecule has 1 N–H and O–H groups in total. The normalized spacial score (nSPS) is 26.1. The molecule has 1 heterocycles. The Hall–Kier alpha value is -0.340. The van der Waals surface area contributed by atoms with Crippen LogP contribution in [0.3, 0.4) is 0 Å². The van der Waals surface area contributed by atoms with Gasteiger partial charge in [0.05, 0.1) is 0 Å². The van der Waals surface area contributed by atoms with Crippen LogP contribution >= 0.6 is 11.3 Å². The zero-order valence-electron chi connectivity index (χ0n) is 11.8. The molecule has 1 atom stereocenters. The molecule has 1 nitrogen and oxygen atoms in total. The topological polar surface area (TPSA) is 12.0 Å². The van der Waals surface area contributed by atoms with Gasteiger partial charge in [0.2, 0.25) is 0 Å². The van der Waals surface area contributed by atoms with Gasteiger partial charge in [-0.3, -0.25) is 0 Å². The van der Waals surface area contributed by atoms with Crippen LogP contribution in [0.4, 0.5) is 0 Å². The molecule has 1 aliphatic carbocycles. The summed E-state index contributed by atoms with van der Waals surface area (Å²) >= 11 is 1.90. The van der Waals surface area contributed by atoms with Crippen molar-refractivity contribution < 1.29 is 0 Å². The van der Waals surface area contributed by atoms with Gasteiger partial charge in [-0.2, -0.15) is 0 Å². The lowest BCUT2D eigenvalue weighted by atomic mass is 9.76. The van der Waals surface area contributed by atoms with E-state index in [2.05, 4.69) is 36.8 Å². The number of nitrogens with one attached hydrogen (secondary N) is 1. The molecule has 0 bridgehead atoms. The van der Waals surface area contributed by atoms with Crippen molar-refractivity contribution in [3.05, 3.63) is 22.4 Å². The van der Waals surface area contributed by atoms with Gasteiger partial charge in [0.1, 0.15) is 0 Å². The molecule has 1 fully saturated rings. The molecule has 0 saturated heterocycles. The van der Waals surface area contributed by atoms with Crippen molar-refractivity contribution in [1.82, 2.24) is 5.32 Å². The fourth-order valence-corrected chi connectivity index (χ4v) is 4.31. The van der Waals surface area contributed by atoms with Crippen LogP contribution in [-0.4, -0.2) is 7.05 Å². The van der Waals surface area contributed by atoms with Gasteiger partial charge in [-0.1, -0.05) is 45.1 Å². The summed E-state index contributed by atoms with van der Waals surface area (Å²) in [6.45, 7) is 2.31. The summed E-state index contributed by atoms with van der Waals surface area (Å²) in [4.78, 5) is 1.52. The third-order valence-corrected chi connectivity index (χ3v) is 5.44. The molecule has 0 radical (unpaired) electrons. The highest BCUT2D eigenvalue weighted by molar-refractivity contribution is 7.10. The van der Waals surface area contributed by atoms with Crippen LogP contribution in [0.25, 0.3) is 0 Å². The van der Waals surface area contributed by atoms with Gasteiger partial charge in [-0.15, -0.1) is 11.3 Å². The highest BCUT2D eigenvalue weighted by Crippen LogP contribution is 2.39. The fraction of sp³-hybridized carbons (Fsp3) is 0.750. The Morgan fingerprint density at radius 1 is 1.33 bits per heavy atom. The van der Waals surface area contributed by atoms with Crippen LogP contribution in [0, 0.1) is 11.8 Å². The Morgan fingerprint density at radius 2 is 2.11 bits per heavy atom. The summed E-state index contributed by atoms with van der Waals surface area (Å²) in [7, 11) is 2.12. The predicted octanol–water partition coefficient (Wildman–Crippen LogP) is 5.01. The summed E-state index contributed by atoms with van der Waals surface area (Å²) in [5.74, 6) is 1.87. The zero-order valence-corrected chi connectivity index (χ0v) is 12.6. The Balaban J connectivity index is 1.84. The molecule has 1 aliphatic rings. The Bertz CT molecular complexity index is 312. The molecule has 1 unspecified atom stereocenters. The van der Waals surface area contributed by atoms with E-state index >= 15 is 0 Å². The van der Waals surface area contributed by atoms with Gasteiger partial charge in [0.15, 0.2) is 0 Å². The first-order valence-electron chi connectivity index (χ1n) is 7.55. The maximum atomic E-state index is 3.54. The zero-order chi connectivity index (χ0) is 12.8. The molecule has 102 valence electrons. The molecule has 0 aliphatic heterocycles. The van der Waals surface area contributed by atoms with Gasteiger partial charge in [0, 0.05) is 10.9 Å². The van der Waals surface area contributed by atoms with E-state index in [0.29, 0.717) is 6.04 Å². The van der Waals surface area contributed by atoms with Crippen molar-refractivity contribution in [3.63, 3.8) is 0 Å². The van der Waals surface area contributed by atoms with E-state index in [1.54, 1.807) is 0 Å². The molecule has 1 saturated carbocycles. The molecule has 0 spiro atoms. The monoisotopic (exact) mass is 265 g/mol. The van der Waals surface area contributed by atoms with Gasteiger partial charge in [0.25, 0.3) is 0 Å². The smallest absolute Gasteiger partial charge is 0.0440 e. The first kappa shape index (κ1) is 14.1. The first-order valence-corrected chi connectivity index (χ1v) is 8.43. The highest BCUT2D eigenvalue weighted by atomic mass is 32.1. The minimum Gasteiger partial charge on any atom is -0.312 e. The van der Waals surface area contributed by atoms with Gasteiger partial charge < -0.3 is 5.32 Å². The fourth-order valence-electron chi connectivity index (χ4n) is 3.38. The van der Waals surface area contributed by atoms with Gasteiger partial charge in [-0.25, -0.2) is 0 Å². The SMILES string of the molecule is CCCCC1CCC(C(NC)c2cccs2)CC1. The third-order valence-electron chi connectivity index (χ3n) is 4.49. The summed E-state index contributed by atoms with van der Waals surface area (Å²) in [5, 5.41) is 5.74. The van der Waals surface area contributed by atoms with E-state index in [1.165, 1.54) is 49.8 Å². The minimum absolute atomic E-state index is 0.595. The number of hydrogen-bond acceptors (Lipinski definition) is 2. The maximum absolute atomic E-state index is 3.54. The molecule has 1 aromatic rings. The highest BCUT2D eigenvalue weighted by Gasteiger charge is 2.27. The quantitative estimate of drug-likeness (QED) is 0.762. The first-order chi connectivity index (χ1) is 8.85. The van der Waals surface area contributed by atoms with Crippen LogP contribution < -0.4 is 5.32 Å². The van der Waals surface area contributed by atoms with Crippen LogP contribution in [0.5, 0.6) is 0 Å². The molecule has 1 aromatic heterocycles. The number of thiophene rings is 1. The number of rotatable bonds is 6. The molecule has 18 heavy (non-hydrogen) atoms. The predicted molar refractivity (Wildman–Crippen MR) is 81.1 cm³/mol. The largest absolute Gasteiger partial charge is 0.312 e. The number of unbranched alkanes of at least 4 members (excludes halogenated alkanes) is 1. The average Bonchev–Trinajstić information content (AvgIpc) is 2.93. The van der Waals surface area contributed by atoms with Crippen LogP contribution in [0.2, 0.25) is 0 Å². The van der Waals surface area contributed by atoms with E-state index in [0.717, 1.165) is 11.8 Å². The van der Waals surface area contributed by atoms with Crippen molar-refractivity contribution in [2.45, 2.75) is 57.9 Å². The van der Waals surface area contributed by atoms with Crippen LogP contribution in [0.15, 0.2) is 17.5 Å². The van der Waals surface area contributed by atoms with E-state index in [1.807, 2.05) is 11.3 Å². The van der Waals surface area contributed by atoms with Gasteiger partial charge in [-0.05, 0) is 43.2 Å². The molecular weight excluding hydrogens is 238 g/mol. The molecule has 0 aromatic carbocycles. The van der Waals surface area contributed by atoms with Crippen molar-refractivity contribution in [2.24, 2.45) is 11.8 Å². The second-order valence-electron chi connectivity index (χ2n) is 5.70. The van der Waals surface area contributed by atoms with E-state index in [-0.39, 0.29) is 0 Å². The third kappa shape index (κ3) is 3.58. The molecule has 0 amide bonds. The molecule has 2 rings (SSSR count). The van der Waals surface area contributed by atoms with Crippen molar-refractivity contribution in [3.8, 4) is 0 Å². The summed E-state index contributed by atoms with van der Waals surface area (Å²) in [6, 6.07) is 5.06. The Morgan fingerprint density at radius 3 is 2.67 bits per heavy atom. The maximum Gasteiger partial charge on any atom is 0.0440 e. The van der Waals surface area contributed by atoms with E-state index in [9.17, 15) is 0 Å². The van der Waals surface area contributed by atoms with E-state index < -0.39 is 0 Å². The summed E-state index contributed by atoms with van der Waals surface area (Å²) in [6.07, 6.45) is 9.98. The van der Waals surface area contributed by atoms with E-state index in [4.69, 9.17) is 0 Å². The Kier molecular flexibility index (Phi) is 5.71. The summed E-state index contributed by atoms with van der Waals surface area (Å²) in [5.41, 5.74) is 0. The lowest BCUT2D eigenvalue weighted by molar-refractivity contribution is 0.219. The van der Waals surface area contributed by atoms with Crippen molar-refractivity contribution in [2.75, 3.05) is 7.05 Å². The van der Waals surface area contributed by atoms with Crippen molar-refractivity contribution >= 4 is 11.3 Å². The Labute approximate surface area is 116 Å². The lowest BCUT2D eigenvalue weighted by Crippen LogP contribution is -2.28. The molecule has 2 heteroatoms. The standard InChI is InChI=1S/C16H27NS/c1-3-4-6-13-8-10-14(11-9-13)16(17-2)15-7-5-12-18-15/h5,7,12-14,16-17H,3-4,6,8-11H2,1-2H3. The lowest BCUT2D eigenvalue weighted by Gasteiger charge is -2.33. The van der Waals surface area contributed by atoms with Crippen molar-refractivity contribution in [1.29, 1.82) is 0 Å². The van der Waals surface area contributed by atoms with Gasteiger partial charge >= 0.3 is 0 Å². The second-order valence-corrected chi connectivity index (χ2v) is 6.68. The van der Waals surface area contributed by atoms with Crippen LogP contribution in [0.1, 0.15) is 62.8 Å². The number of hydrogen-bond donors (Lipinski definition) is 1. The summed E-state index contributed by atoms with van der Waals surface area (Å²) < 4.78 is 0. The minimum atomic E-state index is 0.595. The second kappa shape index (κ2) is 7.30. The average molecular weight is 265 g/mol. The van der Waals surface area contributed by atoms with Crippen LogP contribution in [-0.2, 0) is 0 Å².